The van der Waals surface area contributed by atoms with E-state index in [1.54, 1.807) is 24.1 Å². The van der Waals surface area contributed by atoms with E-state index in [1.807, 2.05) is 13.0 Å². The Labute approximate surface area is 114 Å². The molecule has 0 spiro atoms. The van der Waals surface area contributed by atoms with Gasteiger partial charge in [-0.1, -0.05) is 18.9 Å². The van der Waals surface area contributed by atoms with Crippen LogP contribution in [-0.2, 0) is 0 Å². The third kappa shape index (κ3) is 3.07. The number of rotatable bonds is 3. The van der Waals surface area contributed by atoms with E-state index < -0.39 is 5.60 Å². The summed E-state index contributed by atoms with van der Waals surface area (Å²) >= 11 is 0. The number of nitrogen functional groups attached to an aromatic ring is 1. The maximum Gasteiger partial charge on any atom is 0.255 e. The molecular weight excluding hydrogens is 240 g/mol. The van der Waals surface area contributed by atoms with Gasteiger partial charge in [-0.05, 0) is 37.5 Å². The van der Waals surface area contributed by atoms with E-state index in [2.05, 4.69) is 0 Å². The van der Waals surface area contributed by atoms with Crippen LogP contribution in [0, 0.1) is 6.92 Å². The highest BCUT2D eigenvalue weighted by atomic mass is 16.3. The second kappa shape index (κ2) is 5.21. The van der Waals surface area contributed by atoms with Gasteiger partial charge in [-0.2, -0.15) is 0 Å². The molecule has 2 rings (SSSR count). The summed E-state index contributed by atoms with van der Waals surface area (Å²) in [7, 11) is 1.72. The summed E-state index contributed by atoms with van der Waals surface area (Å²) in [5.41, 5.74) is 7.21. The standard InChI is InChI=1S/C15H22N2O2/c1-11-5-6-12(13(16)9-11)14(18)17(2)10-15(19)7-3-4-8-15/h5-6,9,19H,3-4,7-8,10,16H2,1-2H3. The summed E-state index contributed by atoms with van der Waals surface area (Å²) in [4.78, 5) is 13.9. The van der Waals surface area contributed by atoms with Crippen LogP contribution in [0.2, 0.25) is 0 Å². The number of aryl methyl sites for hydroxylation is 1. The number of carbonyl (C=O) groups is 1. The van der Waals surface area contributed by atoms with Crippen LogP contribution in [0.25, 0.3) is 0 Å². The van der Waals surface area contributed by atoms with Gasteiger partial charge in [0.2, 0.25) is 0 Å². The Bertz CT molecular complexity index is 479. The van der Waals surface area contributed by atoms with Gasteiger partial charge in [-0.3, -0.25) is 4.79 Å². The molecule has 0 unspecified atom stereocenters. The molecule has 4 heteroatoms. The normalized spacial score (nSPS) is 17.4. The van der Waals surface area contributed by atoms with E-state index in [0.717, 1.165) is 31.2 Å². The van der Waals surface area contributed by atoms with Crippen molar-refractivity contribution in [3.63, 3.8) is 0 Å². The molecule has 0 aromatic heterocycles. The maximum absolute atomic E-state index is 12.3. The molecule has 1 aromatic carbocycles. The number of aliphatic hydroxyl groups is 1. The molecule has 0 radical (unpaired) electrons. The Kier molecular flexibility index (Phi) is 3.80. The fraction of sp³-hybridized carbons (Fsp3) is 0.533. The van der Waals surface area contributed by atoms with E-state index in [9.17, 15) is 9.90 Å². The van der Waals surface area contributed by atoms with Gasteiger partial charge in [0.15, 0.2) is 0 Å². The Balaban J connectivity index is 2.10. The first-order chi connectivity index (χ1) is 8.91. The second-order valence-electron chi connectivity index (χ2n) is 5.68. The molecule has 1 aliphatic carbocycles. The quantitative estimate of drug-likeness (QED) is 0.818. The van der Waals surface area contributed by atoms with Gasteiger partial charge in [0.25, 0.3) is 5.91 Å². The topological polar surface area (TPSA) is 66.6 Å². The Hall–Kier alpha value is -1.55. The molecule has 0 aliphatic heterocycles. The molecule has 1 aromatic rings. The lowest BCUT2D eigenvalue weighted by Crippen LogP contribution is -2.42. The first-order valence-electron chi connectivity index (χ1n) is 6.75. The van der Waals surface area contributed by atoms with Crippen LogP contribution in [0.4, 0.5) is 5.69 Å². The minimum Gasteiger partial charge on any atom is -0.398 e. The molecule has 3 N–H and O–H groups in total. The molecule has 0 saturated heterocycles. The van der Waals surface area contributed by atoms with Crippen molar-refractivity contribution < 1.29 is 9.90 Å². The molecule has 19 heavy (non-hydrogen) atoms. The zero-order valence-electron chi connectivity index (χ0n) is 11.6. The number of anilines is 1. The minimum absolute atomic E-state index is 0.127. The van der Waals surface area contributed by atoms with E-state index in [4.69, 9.17) is 5.73 Å². The summed E-state index contributed by atoms with van der Waals surface area (Å²) in [5, 5.41) is 10.3. The highest BCUT2D eigenvalue weighted by Gasteiger charge is 2.33. The lowest BCUT2D eigenvalue weighted by Gasteiger charge is -2.29. The fourth-order valence-electron chi connectivity index (χ4n) is 2.79. The summed E-state index contributed by atoms with van der Waals surface area (Å²) < 4.78 is 0. The molecule has 1 amide bonds. The van der Waals surface area contributed by atoms with E-state index >= 15 is 0 Å². The van der Waals surface area contributed by atoms with Crippen molar-refractivity contribution in [3.05, 3.63) is 29.3 Å². The third-order valence-electron chi connectivity index (χ3n) is 3.85. The summed E-state index contributed by atoms with van der Waals surface area (Å²) in [6.07, 6.45) is 3.61. The first-order valence-corrected chi connectivity index (χ1v) is 6.75. The van der Waals surface area contributed by atoms with E-state index in [1.165, 1.54) is 0 Å². The van der Waals surface area contributed by atoms with Crippen LogP contribution in [0.1, 0.15) is 41.6 Å². The summed E-state index contributed by atoms with van der Waals surface area (Å²) in [6, 6.07) is 5.43. The number of nitrogens with two attached hydrogens (primary N) is 1. The van der Waals surface area contributed by atoms with Crippen molar-refractivity contribution in [2.24, 2.45) is 0 Å². The number of carbonyl (C=O) groups excluding carboxylic acids is 1. The molecule has 0 bridgehead atoms. The molecule has 1 aliphatic rings. The van der Waals surface area contributed by atoms with Crippen LogP contribution in [0.5, 0.6) is 0 Å². The SMILES string of the molecule is Cc1ccc(C(=O)N(C)CC2(O)CCCC2)c(N)c1. The number of hydrogen-bond acceptors (Lipinski definition) is 3. The molecule has 104 valence electrons. The molecule has 0 atom stereocenters. The van der Waals surface area contributed by atoms with Gasteiger partial charge in [0.1, 0.15) is 0 Å². The monoisotopic (exact) mass is 262 g/mol. The Morgan fingerprint density at radius 2 is 2.05 bits per heavy atom. The number of hydrogen-bond donors (Lipinski definition) is 2. The van der Waals surface area contributed by atoms with Crippen LogP contribution in [0.15, 0.2) is 18.2 Å². The van der Waals surface area contributed by atoms with Crippen molar-refractivity contribution in [3.8, 4) is 0 Å². The molecular formula is C15H22N2O2. The van der Waals surface area contributed by atoms with Crippen molar-refractivity contribution >= 4 is 11.6 Å². The predicted octanol–water partition coefficient (Wildman–Crippen LogP) is 1.95. The second-order valence-corrected chi connectivity index (χ2v) is 5.68. The van der Waals surface area contributed by atoms with Crippen LogP contribution >= 0.6 is 0 Å². The molecule has 0 heterocycles. The average molecular weight is 262 g/mol. The lowest BCUT2D eigenvalue weighted by atomic mass is 10.0. The van der Waals surface area contributed by atoms with Crippen molar-refractivity contribution in [2.45, 2.75) is 38.2 Å². The minimum atomic E-state index is -0.718. The average Bonchev–Trinajstić information content (AvgIpc) is 2.75. The van der Waals surface area contributed by atoms with Crippen LogP contribution in [0.3, 0.4) is 0 Å². The smallest absolute Gasteiger partial charge is 0.255 e. The van der Waals surface area contributed by atoms with E-state index in [-0.39, 0.29) is 5.91 Å². The maximum atomic E-state index is 12.3. The Morgan fingerprint density at radius 1 is 1.42 bits per heavy atom. The van der Waals surface area contributed by atoms with Crippen molar-refractivity contribution in [2.75, 3.05) is 19.3 Å². The van der Waals surface area contributed by atoms with Gasteiger partial charge in [0.05, 0.1) is 11.2 Å². The van der Waals surface area contributed by atoms with Crippen molar-refractivity contribution in [1.82, 2.24) is 4.90 Å². The molecule has 4 nitrogen and oxygen atoms in total. The Morgan fingerprint density at radius 3 is 2.63 bits per heavy atom. The van der Waals surface area contributed by atoms with Crippen molar-refractivity contribution in [1.29, 1.82) is 0 Å². The van der Waals surface area contributed by atoms with Crippen LogP contribution < -0.4 is 5.73 Å². The third-order valence-corrected chi connectivity index (χ3v) is 3.85. The summed E-state index contributed by atoms with van der Waals surface area (Å²) in [5.74, 6) is -0.127. The highest BCUT2D eigenvalue weighted by molar-refractivity contribution is 5.99. The highest BCUT2D eigenvalue weighted by Crippen LogP contribution is 2.30. The largest absolute Gasteiger partial charge is 0.398 e. The number of amides is 1. The zero-order valence-corrected chi connectivity index (χ0v) is 11.6. The van der Waals surface area contributed by atoms with Gasteiger partial charge in [-0.15, -0.1) is 0 Å². The number of benzene rings is 1. The first kappa shape index (κ1) is 13.9. The number of likely N-dealkylation sites (N-methyl/N-ethyl adjacent to an activating group) is 1. The van der Waals surface area contributed by atoms with Gasteiger partial charge >= 0.3 is 0 Å². The molecule has 1 saturated carbocycles. The summed E-state index contributed by atoms with van der Waals surface area (Å²) in [6.45, 7) is 2.31. The van der Waals surface area contributed by atoms with Gasteiger partial charge in [-0.25, -0.2) is 0 Å². The zero-order chi connectivity index (χ0) is 14.0. The van der Waals surface area contributed by atoms with E-state index in [0.29, 0.717) is 17.8 Å². The van der Waals surface area contributed by atoms with Crippen LogP contribution in [-0.4, -0.2) is 35.1 Å². The number of nitrogens with zero attached hydrogens (tertiary/aromatic N) is 1. The van der Waals surface area contributed by atoms with Gasteiger partial charge < -0.3 is 15.7 Å². The van der Waals surface area contributed by atoms with Gasteiger partial charge in [0, 0.05) is 19.3 Å². The fourth-order valence-corrected chi connectivity index (χ4v) is 2.79. The lowest BCUT2D eigenvalue weighted by molar-refractivity contribution is 0.0157. The molecule has 1 fully saturated rings. The predicted molar refractivity (Wildman–Crippen MR) is 76.0 cm³/mol.